The van der Waals surface area contributed by atoms with E-state index in [9.17, 15) is 13.2 Å². The summed E-state index contributed by atoms with van der Waals surface area (Å²) in [6.07, 6.45) is 0. The monoisotopic (exact) mass is 344 g/mol. The highest BCUT2D eigenvalue weighted by molar-refractivity contribution is 7.92. The Hall–Kier alpha value is -2.34. The molecular formula is C18H20N2O3S. The number of likely N-dealkylation sites (N-methyl/N-ethyl adjacent to an activating group) is 1. The van der Waals surface area contributed by atoms with E-state index >= 15 is 0 Å². The fourth-order valence-electron chi connectivity index (χ4n) is 3.03. The van der Waals surface area contributed by atoms with Gasteiger partial charge in [0.05, 0.1) is 10.3 Å². The van der Waals surface area contributed by atoms with Crippen LogP contribution >= 0.6 is 0 Å². The average molecular weight is 344 g/mol. The third-order valence-corrected chi connectivity index (χ3v) is 5.80. The number of carbonyl (C=O) groups excluding carboxylic acids is 1. The predicted octanol–water partition coefficient (Wildman–Crippen LogP) is 3.05. The summed E-state index contributed by atoms with van der Waals surface area (Å²) in [5.41, 5.74) is 2.28. The molecule has 1 aliphatic heterocycles. The summed E-state index contributed by atoms with van der Waals surface area (Å²) in [6, 6.07) is 11.9. The van der Waals surface area contributed by atoms with Crippen molar-refractivity contribution >= 4 is 27.3 Å². The van der Waals surface area contributed by atoms with Crippen LogP contribution in [-0.4, -0.2) is 21.4 Å². The Morgan fingerprint density at radius 2 is 1.79 bits per heavy atom. The Morgan fingerprint density at radius 1 is 1.08 bits per heavy atom. The van der Waals surface area contributed by atoms with Gasteiger partial charge in [-0.15, -0.1) is 0 Å². The molecule has 24 heavy (non-hydrogen) atoms. The van der Waals surface area contributed by atoms with E-state index in [1.54, 1.807) is 48.3 Å². The van der Waals surface area contributed by atoms with Crippen molar-refractivity contribution in [1.82, 2.24) is 0 Å². The molecule has 3 rings (SSSR count). The molecule has 0 unspecified atom stereocenters. The van der Waals surface area contributed by atoms with Crippen molar-refractivity contribution in [2.75, 3.05) is 16.7 Å². The first-order valence-corrected chi connectivity index (χ1v) is 9.13. The van der Waals surface area contributed by atoms with E-state index < -0.39 is 15.4 Å². The third kappa shape index (κ3) is 2.57. The molecular weight excluding hydrogens is 324 g/mol. The molecule has 1 amide bonds. The van der Waals surface area contributed by atoms with Gasteiger partial charge in [0, 0.05) is 18.4 Å². The highest BCUT2D eigenvalue weighted by atomic mass is 32.2. The van der Waals surface area contributed by atoms with Gasteiger partial charge in [0.15, 0.2) is 0 Å². The molecule has 1 aliphatic rings. The summed E-state index contributed by atoms with van der Waals surface area (Å²) >= 11 is 0. The lowest BCUT2D eigenvalue weighted by Gasteiger charge is -2.17. The lowest BCUT2D eigenvalue weighted by molar-refractivity contribution is -0.121. The van der Waals surface area contributed by atoms with Crippen LogP contribution in [0.15, 0.2) is 47.4 Å². The van der Waals surface area contributed by atoms with E-state index in [-0.39, 0.29) is 10.8 Å². The number of anilines is 2. The van der Waals surface area contributed by atoms with Gasteiger partial charge in [-0.25, -0.2) is 8.42 Å². The van der Waals surface area contributed by atoms with E-state index in [1.165, 1.54) is 0 Å². The van der Waals surface area contributed by atoms with Crippen LogP contribution in [-0.2, 0) is 20.2 Å². The van der Waals surface area contributed by atoms with Crippen LogP contribution in [0.1, 0.15) is 25.0 Å². The molecule has 2 aromatic carbocycles. The maximum Gasteiger partial charge on any atom is 0.261 e. The molecule has 0 spiro atoms. The van der Waals surface area contributed by atoms with Gasteiger partial charge in [-0.3, -0.25) is 9.52 Å². The normalized spacial score (nSPS) is 16.2. The Kier molecular flexibility index (Phi) is 3.68. The van der Waals surface area contributed by atoms with Crippen LogP contribution < -0.4 is 9.62 Å². The second kappa shape index (κ2) is 5.34. The molecule has 0 bridgehead atoms. The topological polar surface area (TPSA) is 66.5 Å². The van der Waals surface area contributed by atoms with Crippen LogP contribution in [0.5, 0.6) is 0 Å². The molecule has 0 aromatic heterocycles. The van der Waals surface area contributed by atoms with Crippen molar-refractivity contribution in [2.24, 2.45) is 0 Å². The van der Waals surface area contributed by atoms with E-state index in [0.29, 0.717) is 5.69 Å². The summed E-state index contributed by atoms with van der Waals surface area (Å²) in [5.74, 6) is -0.00353. The van der Waals surface area contributed by atoms with Crippen LogP contribution in [0.4, 0.5) is 11.4 Å². The smallest absolute Gasteiger partial charge is 0.261 e. The zero-order chi connectivity index (χ0) is 17.7. The maximum atomic E-state index is 12.6. The molecule has 0 aliphatic carbocycles. The first-order valence-electron chi connectivity index (χ1n) is 7.65. The first-order chi connectivity index (χ1) is 11.1. The highest BCUT2D eigenvalue weighted by Gasteiger charge is 2.42. The van der Waals surface area contributed by atoms with Crippen molar-refractivity contribution in [1.29, 1.82) is 0 Å². The first kappa shape index (κ1) is 16.5. The van der Waals surface area contributed by atoms with Gasteiger partial charge >= 0.3 is 0 Å². The molecule has 0 saturated heterocycles. The quantitative estimate of drug-likeness (QED) is 0.930. The summed E-state index contributed by atoms with van der Waals surface area (Å²) in [5, 5.41) is 0. The molecule has 0 atom stereocenters. The SMILES string of the molecule is Cc1cccc(S(=O)(=O)Nc2ccc3c(c2)C(C)(C)C(=O)N3C)c1. The molecule has 0 radical (unpaired) electrons. The fraction of sp³-hybridized carbons (Fsp3) is 0.278. The number of carbonyl (C=O) groups is 1. The standard InChI is InChI=1S/C18H20N2O3S/c1-12-6-5-7-14(10-12)24(22,23)19-13-8-9-16-15(11-13)18(2,3)17(21)20(16)4/h5-11,19H,1-4H3. The fourth-order valence-corrected chi connectivity index (χ4v) is 4.19. The summed E-state index contributed by atoms with van der Waals surface area (Å²) in [4.78, 5) is 14.1. The minimum Gasteiger partial charge on any atom is -0.314 e. The van der Waals surface area contributed by atoms with E-state index in [0.717, 1.165) is 16.8 Å². The van der Waals surface area contributed by atoms with Crippen molar-refractivity contribution in [3.63, 3.8) is 0 Å². The van der Waals surface area contributed by atoms with Gasteiger partial charge in [0.25, 0.3) is 10.0 Å². The number of rotatable bonds is 3. The summed E-state index contributed by atoms with van der Waals surface area (Å²) < 4.78 is 27.7. The number of amides is 1. The molecule has 2 aromatic rings. The van der Waals surface area contributed by atoms with Crippen molar-refractivity contribution in [2.45, 2.75) is 31.1 Å². The number of sulfonamides is 1. The predicted molar refractivity (Wildman–Crippen MR) is 94.9 cm³/mol. The Labute approximate surface area is 142 Å². The largest absolute Gasteiger partial charge is 0.314 e. The number of benzene rings is 2. The van der Waals surface area contributed by atoms with Crippen LogP contribution in [0.25, 0.3) is 0 Å². The number of hydrogen-bond acceptors (Lipinski definition) is 3. The lowest BCUT2D eigenvalue weighted by Crippen LogP contribution is -2.33. The summed E-state index contributed by atoms with van der Waals surface area (Å²) in [6.45, 7) is 5.53. The second-order valence-corrected chi connectivity index (χ2v) is 8.33. The Balaban J connectivity index is 1.99. The molecule has 5 nitrogen and oxygen atoms in total. The second-order valence-electron chi connectivity index (χ2n) is 6.64. The molecule has 1 heterocycles. The average Bonchev–Trinajstić information content (AvgIpc) is 2.68. The van der Waals surface area contributed by atoms with Gasteiger partial charge in [-0.2, -0.15) is 0 Å². The van der Waals surface area contributed by atoms with Gasteiger partial charge in [-0.05, 0) is 62.2 Å². The lowest BCUT2D eigenvalue weighted by atomic mass is 9.86. The number of nitrogens with zero attached hydrogens (tertiary/aromatic N) is 1. The zero-order valence-electron chi connectivity index (χ0n) is 14.1. The Bertz CT molecular complexity index is 933. The van der Waals surface area contributed by atoms with E-state index in [4.69, 9.17) is 0 Å². The zero-order valence-corrected chi connectivity index (χ0v) is 14.9. The number of aryl methyl sites for hydroxylation is 1. The molecule has 0 fully saturated rings. The molecule has 6 heteroatoms. The number of fused-ring (bicyclic) bond motifs is 1. The van der Waals surface area contributed by atoms with E-state index in [2.05, 4.69) is 4.72 Å². The minimum absolute atomic E-state index is 0.00353. The van der Waals surface area contributed by atoms with Crippen molar-refractivity contribution in [3.05, 3.63) is 53.6 Å². The van der Waals surface area contributed by atoms with Gasteiger partial charge < -0.3 is 4.90 Å². The maximum absolute atomic E-state index is 12.6. The number of nitrogens with one attached hydrogen (secondary N) is 1. The van der Waals surface area contributed by atoms with Crippen LogP contribution in [0, 0.1) is 6.92 Å². The van der Waals surface area contributed by atoms with Crippen LogP contribution in [0.2, 0.25) is 0 Å². The van der Waals surface area contributed by atoms with Crippen LogP contribution in [0.3, 0.4) is 0 Å². The Morgan fingerprint density at radius 3 is 2.46 bits per heavy atom. The van der Waals surface area contributed by atoms with Gasteiger partial charge in [0.2, 0.25) is 5.91 Å². The van der Waals surface area contributed by atoms with Gasteiger partial charge in [-0.1, -0.05) is 12.1 Å². The summed E-state index contributed by atoms with van der Waals surface area (Å²) in [7, 11) is -1.94. The molecule has 0 saturated carbocycles. The van der Waals surface area contributed by atoms with Gasteiger partial charge in [0.1, 0.15) is 0 Å². The van der Waals surface area contributed by atoms with E-state index in [1.807, 2.05) is 26.8 Å². The molecule has 1 N–H and O–H groups in total. The van der Waals surface area contributed by atoms with Crippen molar-refractivity contribution < 1.29 is 13.2 Å². The van der Waals surface area contributed by atoms with Crippen molar-refractivity contribution in [3.8, 4) is 0 Å². The minimum atomic E-state index is -3.67. The highest BCUT2D eigenvalue weighted by Crippen LogP contribution is 2.42. The molecule has 126 valence electrons. The third-order valence-electron chi connectivity index (χ3n) is 4.42. The number of hydrogen-bond donors (Lipinski definition) is 1.